The maximum absolute atomic E-state index is 6.26. The number of rotatable bonds is 40. The molecule has 2 aromatic carbocycles. The van der Waals surface area contributed by atoms with Crippen molar-refractivity contribution in [2.45, 2.75) is 233 Å². The standard InChI is InChI=1S/C68H90O4/c1-7-13-17-21-25-35-41-47-53-69-65-59-63(67(57-61(65)11-5)71-55-49-43-37-27-23-19-15-9-3)51-45-39-33-31-29-30-32-34-40-46-52-64-60-66(70-54-48-42-36-26-22-18-14-8-2)62(12-6)58-68(64)72-56-50-44-38-28-24-20-16-10-4/h5-6,57-60H,7-10,13-28,35-38,41-44,47-50,53-56H2,1-4H3. The molecule has 0 radical (unpaired) electrons. The Balaban J connectivity index is 2.14. The van der Waals surface area contributed by atoms with Crippen molar-refractivity contribution in [1.82, 2.24) is 0 Å². The maximum Gasteiger partial charge on any atom is 0.136 e. The molecule has 2 rings (SSSR count). The summed E-state index contributed by atoms with van der Waals surface area (Å²) < 4.78 is 24.9. The average molecular weight is 971 g/mol. The number of hydrogen-bond acceptors (Lipinski definition) is 4. The number of hydrogen-bond donors (Lipinski definition) is 0. The summed E-state index contributed by atoms with van der Waals surface area (Å²) in [7, 11) is 0. The smallest absolute Gasteiger partial charge is 0.136 e. The third-order valence-corrected chi connectivity index (χ3v) is 12.5. The van der Waals surface area contributed by atoms with Gasteiger partial charge in [-0.05, 0) is 96.7 Å². The van der Waals surface area contributed by atoms with Gasteiger partial charge in [0, 0.05) is 24.3 Å². The van der Waals surface area contributed by atoms with E-state index in [4.69, 9.17) is 31.8 Å². The van der Waals surface area contributed by atoms with E-state index in [0.29, 0.717) is 71.7 Å². The SMILES string of the molecule is C#Cc1cc(OCCCCCCCCCC)c(C#CC#CC#CC#CC#CC#Cc2cc(OCCCCCCCCCC)c(C#C)cc2OCCCCCCCCCC)cc1OCCCCCCCCCC. The number of ether oxygens (including phenoxy) is 4. The van der Waals surface area contributed by atoms with Crippen molar-refractivity contribution in [3.63, 3.8) is 0 Å². The molecule has 0 aromatic heterocycles. The quantitative estimate of drug-likeness (QED) is 0.0493. The lowest BCUT2D eigenvalue weighted by Gasteiger charge is -2.13. The van der Waals surface area contributed by atoms with Gasteiger partial charge in [-0.2, -0.15) is 0 Å². The molecule has 0 saturated heterocycles. The highest BCUT2D eigenvalue weighted by atomic mass is 16.5. The van der Waals surface area contributed by atoms with Crippen LogP contribution in [0.2, 0.25) is 0 Å². The fraction of sp³-hybridized carbons (Fsp3) is 0.588. The average Bonchev–Trinajstić information content (AvgIpc) is 3.39. The van der Waals surface area contributed by atoms with Crippen LogP contribution in [0.5, 0.6) is 23.0 Å². The molecule has 0 N–H and O–H groups in total. The lowest BCUT2D eigenvalue weighted by Crippen LogP contribution is -2.03. The maximum atomic E-state index is 6.26. The van der Waals surface area contributed by atoms with Crippen LogP contribution < -0.4 is 18.9 Å². The van der Waals surface area contributed by atoms with E-state index < -0.39 is 0 Å². The largest absolute Gasteiger partial charge is 0.492 e. The molecular formula is C68H90O4. The Hall–Kier alpha value is -5.88. The van der Waals surface area contributed by atoms with Crippen LogP contribution in [0.15, 0.2) is 24.3 Å². The third-order valence-electron chi connectivity index (χ3n) is 12.5. The first-order chi connectivity index (χ1) is 35.6. The van der Waals surface area contributed by atoms with Crippen molar-refractivity contribution in [2.75, 3.05) is 26.4 Å². The third kappa shape index (κ3) is 32.2. The summed E-state index contributed by atoms with van der Waals surface area (Å²) in [5.41, 5.74) is 2.71. The molecule has 0 spiro atoms. The van der Waals surface area contributed by atoms with Gasteiger partial charge in [0.1, 0.15) is 23.0 Å². The van der Waals surface area contributed by atoms with Crippen LogP contribution in [-0.4, -0.2) is 26.4 Å². The van der Waals surface area contributed by atoms with Gasteiger partial charge in [0.05, 0.1) is 48.7 Å². The van der Waals surface area contributed by atoms with Crippen LogP contribution in [-0.2, 0) is 0 Å². The molecule has 0 atom stereocenters. The molecule has 4 heteroatoms. The van der Waals surface area contributed by atoms with Gasteiger partial charge in [0.15, 0.2) is 0 Å². The summed E-state index contributed by atoms with van der Waals surface area (Å²) >= 11 is 0. The minimum Gasteiger partial charge on any atom is -0.492 e. The molecule has 386 valence electrons. The Morgan fingerprint density at radius 1 is 0.264 bits per heavy atom. The van der Waals surface area contributed by atoms with E-state index in [2.05, 4.69) is 111 Å². The second-order valence-electron chi connectivity index (χ2n) is 18.8. The van der Waals surface area contributed by atoms with Crippen molar-refractivity contribution in [3.8, 4) is 119 Å². The Bertz CT molecular complexity index is 2090. The number of terminal acetylenes is 2. The van der Waals surface area contributed by atoms with Crippen molar-refractivity contribution in [2.24, 2.45) is 0 Å². The minimum atomic E-state index is 0.597. The van der Waals surface area contributed by atoms with Gasteiger partial charge in [0.25, 0.3) is 0 Å². The first kappa shape index (κ1) is 62.2. The summed E-state index contributed by atoms with van der Waals surface area (Å²) in [6.07, 6.45) is 51.2. The van der Waals surface area contributed by atoms with E-state index in [9.17, 15) is 0 Å². The topological polar surface area (TPSA) is 36.9 Å². The fourth-order valence-electron chi connectivity index (χ4n) is 8.14. The van der Waals surface area contributed by atoms with E-state index in [-0.39, 0.29) is 0 Å². The molecule has 0 aliphatic carbocycles. The second kappa shape index (κ2) is 46.2. The van der Waals surface area contributed by atoms with Gasteiger partial charge in [-0.25, -0.2) is 0 Å². The molecule has 72 heavy (non-hydrogen) atoms. The molecule has 2 aromatic rings. The van der Waals surface area contributed by atoms with Crippen LogP contribution in [0.4, 0.5) is 0 Å². The highest BCUT2D eigenvalue weighted by Gasteiger charge is 2.12. The zero-order valence-electron chi connectivity index (χ0n) is 45.6. The molecule has 0 fully saturated rings. The van der Waals surface area contributed by atoms with Gasteiger partial charge in [-0.3, -0.25) is 0 Å². The van der Waals surface area contributed by atoms with Gasteiger partial charge in [0.2, 0.25) is 0 Å². The van der Waals surface area contributed by atoms with Crippen molar-refractivity contribution < 1.29 is 18.9 Å². The Kier molecular flexibility index (Phi) is 39.9. The van der Waals surface area contributed by atoms with Crippen LogP contribution >= 0.6 is 0 Å². The van der Waals surface area contributed by atoms with E-state index in [0.717, 1.165) is 51.4 Å². The molecule has 0 saturated carbocycles. The van der Waals surface area contributed by atoms with E-state index in [1.807, 2.05) is 24.3 Å². The van der Waals surface area contributed by atoms with Gasteiger partial charge < -0.3 is 18.9 Å². The summed E-state index contributed by atoms with van der Waals surface area (Å²) in [4.78, 5) is 0. The van der Waals surface area contributed by atoms with Crippen LogP contribution in [0.1, 0.15) is 255 Å². The highest BCUT2D eigenvalue weighted by Crippen LogP contribution is 2.30. The lowest BCUT2D eigenvalue weighted by molar-refractivity contribution is 0.295. The zero-order valence-corrected chi connectivity index (χ0v) is 45.6. The summed E-state index contributed by atoms with van der Waals surface area (Å²) in [5, 5.41) is 0. The molecule has 0 amide bonds. The molecule has 0 aliphatic heterocycles. The summed E-state index contributed by atoms with van der Waals surface area (Å²) in [5.74, 6) is 42.5. The van der Waals surface area contributed by atoms with Gasteiger partial charge in [-0.1, -0.05) is 219 Å². The Labute approximate surface area is 441 Å². The predicted octanol–water partition coefficient (Wildman–Crippen LogP) is 17.1. The zero-order chi connectivity index (χ0) is 51.6. The Morgan fingerprint density at radius 2 is 0.458 bits per heavy atom. The molecule has 0 bridgehead atoms. The van der Waals surface area contributed by atoms with Crippen LogP contribution in [0.25, 0.3) is 0 Å². The van der Waals surface area contributed by atoms with Crippen molar-refractivity contribution >= 4 is 0 Å². The first-order valence-electron chi connectivity index (χ1n) is 28.4. The van der Waals surface area contributed by atoms with Gasteiger partial charge >= 0.3 is 0 Å². The first-order valence-corrected chi connectivity index (χ1v) is 28.4. The molecule has 0 heterocycles. The monoisotopic (exact) mass is 971 g/mol. The predicted molar refractivity (Wildman–Crippen MR) is 306 cm³/mol. The highest BCUT2D eigenvalue weighted by molar-refractivity contribution is 5.60. The second-order valence-corrected chi connectivity index (χ2v) is 18.8. The molecular weight excluding hydrogens is 881 g/mol. The van der Waals surface area contributed by atoms with Crippen LogP contribution in [0, 0.1) is 95.7 Å². The van der Waals surface area contributed by atoms with Gasteiger partial charge in [-0.15, -0.1) is 12.8 Å². The number of unbranched alkanes of at least 4 members (excludes halogenated alkanes) is 28. The van der Waals surface area contributed by atoms with Crippen molar-refractivity contribution in [3.05, 3.63) is 46.5 Å². The normalized spacial score (nSPS) is 9.86. The molecule has 0 unspecified atom stereocenters. The summed E-state index contributed by atoms with van der Waals surface area (Å²) in [6, 6.07) is 7.52. The minimum absolute atomic E-state index is 0.597. The van der Waals surface area contributed by atoms with E-state index in [1.54, 1.807) is 0 Å². The number of benzene rings is 2. The fourth-order valence-corrected chi connectivity index (χ4v) is 8.14. The molecule has 4 nitrogen and oxygen atoms in total. The Morgan fingerprint density at radius 3 is 0.694 bits per heavy atom. The van der Waals surface area contributed by atoms with Crippen LogP contribution in [0.3, 0.4) is 0 Å². The van der Waals surface area contributed by atoms with E-state index >= 15 is 0 Å². The van der Waals surface area contributed by atoms with E-state index in [1.165, 1.54) is 154 Å². The summed E-state index contributed by atoms with van der Waals surface area (Å²) in [6.45, 7) is 11.4. The molecule has 0 aliphatic rings. The lowest BCUT2D eigenvalue weighted by atomic mass is 10.1. The van der Waals surface area contributed by atoms with Crippen molar-refractivity contribution in [1.29, 1.82) is 0 Å².